The molecule has 2 aromatic heterocycles. The summed E-state index contributed by atoms with van der Waals surface area (Å²) < 4.78 is 4.94. The second-order valence-corrected chi connectivity index (χ2v) is 17.1. The van der Waals surface area contributed by atoms with E-state index in [9.17, 15) is 0 Å². The van der Waals surface area contributed by atoms with E-state index < -0.39 is 0 Å². The largest absolute Gasteiger partial charge is 0.309 e. The summed E-state index contributed by atoms with van der Waals surface area (Å²) in [7, 11) is 0. The van der Waals surface area contributed by atoms with Gasteiger partial charge >= 0.3 is 0 Å². The number of hydrogen-bond donors (Lipinski definition) is 0. The molecule has 0 N–H and O–H groups in total. The minimum absolute atomic E-state index is 0.907. The van der Waals surface area contributed by atoms with Gasteiger partial charge in [0, 0.05) is 38.5 Å². The summed E-state index contributed by atoms with van der Waals surface area (Å²) in [4.78, 5) is 0. The molecule has 2 heterocycles. The van der Waals surface area contributed by atoms with E-state index in [1.807, 2.05) is 0 Å². The molecule has 0 unspecified atom stereocenters. The van der Waals surface area contributed by atoms with Gasteiger partial charge in [-0.2, -0.15) is 0 Å². The van der Waals surface area contributed by atoms with Crippen molar-refractivity contribution < 1.29 is 0 Å². The van der Waals surface area contributed by atoms with Gasteiger partial charge in [-0.3, -0.25) is 0 Å². The Bertz CT molecular complexity index is 3980. The second kappa shape index (κ2) is 13.1. The summed E-state index contributed by atoms with van der Waals surface area (Å²) >= 11 is 0. The monoisotopic (exact) mass is 798 g/mol. The SMILES string of the molecule is C1=Cc2c(n(-c3cccc(-c4cc5c6c(cccc6c4)-c4ccccc4-5)c3)c3ccc(-c4ccc5c(c4)c4c6ccccc6c6ccccc6c4n5-c4ccccc4)cc23)C=CC1. The Morgan fingerprint density at radius 1 is 0.333 bits per heavy atom. The molecule has 63 heavy (non-hydrogen) atoms. The highest BCUT2D eigenvalue weighted by Gasteiger charge is 2.24. The van der Waals surface area contributed by atoms with Crippen LogP contribution in [0.5, 0.6) is 0 Å². The molecule has 2 heteroatoms. The molecule has 14 rings (SSSR count). The Labute approximate surface area is 364 Å². The van der Waals surface area contributed by atoms with Gasteiger partial charge in [-0.25, -0.2) is 0 Å². The molecule has 2 aliphatic rings. The van der Waals surface area contributed by atoms with Crippen molar-refractivity contribution in [2.75, 3.05) is 0 Å². The van der Waals surface area contributed by atoms with Crippen LogP contribution in [0.2, 0.25) is 0 Å². The zero-order valence-electron chi connectivity index (χ0n) is 34.4. The average Bonchev–Trinajstić information content (AvgIpc) is 3.89. The number of aromatic nitrogens is 2. The normalized spacial score (nSPS) is 12.9. The lowest BCUT2D eigenvalue weighted by molar-refractivity contribution is 1.11. The van der Waals surface area contributed by atoms with E-state index in [-0.39, 0.29) is 0 Å². The molecule has 10 aromatic carbocycles. The number of benzene rings is 10. The fraction of sp³-hybridized carbons (Fsp3) is 0.0164. The molecule has 0 fully saturated rings. The summed E-state index contributed by atoms with van der Waals surface area (Å²) in [6, 6.07) is 72.3. The fourth-order valence-electron chi connectivity index (χ4n) is 11.1. The predicted octanol–water partition coefficient (Wildman–Crippen LogP) is 16.6. The van der Waals surface area contributed by atoms with Crippen molar-refractivity contribution in [3.05, 3.63) is 218 Å². The lowest BCUT2D eigenvalue weighted by Gasteiger charge is -2.13. The van der Waals surface area contributed by atoms with Crippen molar-refractivity contribution in [3.8, 4) is 55.9 Å². The topological polar surface area (TPSA) is 9.86 Å². The highest BCUT2D eigenvalue weighted by molar-refractivity contribution is 6.32. The van der Waals surface area contributed by atoms with E-state index in [0.717, 1.165) is 12.1 Å². The van der Waals surface area contributed by atoms with Crippen LogP contribution in [0, 0.1) is 0 Å². The van der Waals surface area contributed by atoms with Crippen LogP contribution in [0.25, 0.3) is 133 Å². The molecule has 2 nitrogen and oxygen atoms in total. The lowest BCUT2D eigenvalue weighted by Crippen LogP contribution is -1.97. The van der Waals surface area contributed by atoms with Crippen LogP contribution in [0.3, 0.4) is 0 Å². The minimum atomic E-state index is 0.907. The lowest BCUT2D eigenvalue weighted by atomic mass is 9.95. The van der Waals surface area contributed by atoms with Gasteiger partial charge in [0.1, 0.15) is 0 Å². The standard InChI is InChI=1S/C61H38N2/c1-3-17-43(18-4-1)63-58-32-30-40(36-55(58)60-51-25-11-9-20-45(51)47-22-10-12-26-52(47)61(60)63)39-29-31-57-53(35-39)49-24-5-2-6-28-56(49)62(57)44-19-13-15-38(34-44)42-33-41-16-14-27-50-46-21-7-8-23-48(46)54(37-42)59(41)50/h1,3-37H,2H2. The summed E-state index contributed by atoms with van der Waals surface area (Å²) in [5, 5.41) is 11.6. The first kappa shape index (κ1) is 34.5. The Hall–Kier alpha value is -8.20. The van der Waals surface area contributed by atoms with Crippen LogP contribution in [0.4, 0.5) is 0 Å². The first-order chi connectivity index (χ1) is 31.3. The number of hydrogen-bond acceptors (Lipinski definition) is 0. The predicted molar refractivity (Wildman–Crippen MR) is 268 cm³/mol. The molecular weight excluding hydrogens is 761 g/mol. The molecule has 0 atom stereocenters. The van der Waals surface area contributed by atoms with Crippen molar-refractivity contribution in [3.63, 3.8) is 0 Å². The molecule has 0 spiro atoms. The van der Waals surface area contributed by atoms with Gasteiger partial charge in [0.2, 0.25) is 0 Å². The molecule has 0 saturated heterocycles. The maximum Gasteiger partial charge on any atom is 0.0625 e. The summed E-state index contributed by atoms with van der Waals surface area (Å²) in [5.41, 5.74) is 18.6. The Kier molecular flexibility index (Phi) is 7.20. The zero-order chi connectivity index (χ0) is 41.2. The molecule has 0 amide bonds. The second-order valence-electron chi connectivity index (χ2n) is 17.1. The summed E-state index contributed by atoms with van der Waals surface area (Å²) in [5.74, 6) is 0. The number of nitrogens with zero attached hydrogens (tertiary/aromatic N) is 2. The number of fused-ring (bicyclic) bond motifs is 14. The Morgan fingerprint density at radius 3 is 1.78 bits per heavy atom. The molecule has 2 aliphatic carbocycles. The van der Waals surface area contributed by atoms with Gasteiger partial charge in [0.15, 0.2) is 0 Å². The maximum absolute atomic E-state index is 2.47. The number of para-hydroxylation sites is 1. The van der Waals surface area contributed by atoms with Crippen LogP contribution in [0.1, 0.15) is 17.7 Å². The van der Waals surface area contributed by atoms with Gasteiger partial charge in [-0.1, -0.05) is 152 Å². The van der Waals surface area contributed by atoms with Gasteiger partial charge in [-0.05, 0) is 145 Å². The first-order valence-electron chi connectivity index (χ1n) is 22.0. The van der Waals surface area contributed by atoms with Crippen molar-refractivity contribution in [2.24, 2.45) is 0 Å². The van der Waals surface area contributed by atoms with Crippen LogP contribution >= 0.6 is 0 Å². The van der Waals surface area contributed by atoms with E-state index in [1.165, 1.54) is 126 Å². The molecule has 0 aliphatic heterocycles. The van der Waals surface area contributed by atoms with Crippen LogP contribution in [0.15, 0.2) is 206 Å². The van der Waals surface area contributed by atoms with E-state index in [1.54, 1.807) is 0 Å². The Morgan fingerprint density at radius 2 is 0.952 bits per heavy atom. The van der Waals surface area contributed by atoms with Crippen LogP contribution in [-0.2, 0) is 0 Å². The first-order valence-corrected chi connectivity index (χ1v) is 22.0. The van der Waals surface area contributed by atoms with Gasteiger partial charge in [0.05, 0.1) is 22.2 Å². The van der Waals surface area contributed by atoms with Crippen molar-refractivity contribution in [1.82, 2.24) is 9.13 Å². The van der Waals surface area contributed by atoms with Crippen LogP contribution < -0.4 is 0 Å². The molecule has 0 bridgehead atoms. The fourth-order valence-corrected chi connectivity index (χ4v) is 11.1. The molecule has 0 radical (unpaired) electrons. The summed E-state index contributed by atoms with van der Waals surface area (Å²) in [6.07, 6.45) is 10.1. The third-order valence-electron chi connectivity index (χ3n) is 13.8. The number of rotatable bonds is 4. The number of allylic oxidation sites excluding steroid dienone is 2. The van der Waals surface area contributed by atoms with Crippen molar-refractivity contribution in [1.29, 1.82) is 0 Å². The third kappa shape index (κ3) is 4.95. The van der Waals surface area contributed by atoms with E-state index in [2.05, 4.69) is 228 Å². The van der Waals surface area contributed by atoms with Crippen molar-refractivity contribution >= 4 is 77.2 Å². The molecule has 12 aromatic rings. The average molecular weight is 799 g/mol. The van der Waals surface area contributed by atoms with Crippen molar-refractivity contribution in [2.45, 2.75) is 6.42 Å². The van der Waals surface area contributed by atoms with E-state index >= 15 is 0 Å². The zero-order valence-corrected chi connectivity index (χ0v) is 34.4. The van der Waals surface area contributed by atoms with E-state index in [4.69, 9.17) is 0 Å². The molecule has 0 saturated carbocycles. The Balaban J connectivity index is 0.957. The smallest absolute Gasteiger partial charge is 0.0625 e. The van der Waals surface area contributed by atoms with Gasteiger partial charge in [-0.15, -0.1) is 0 Å². The minimum Gasteiger partial charge on any atom is -0.309 e. The van der Waals surface area contributed by atoms with Crippen LogP contribution in [-0.4, -0.2) is 9.13 Å². The quantitative estimate of drug-likeness (QED) is 0.157. The molecular formula is C61H38N2. The summed E-state index contributed by atoms with van der Waals surface area (Å²) in [6.45, 7) is 0. The van der Waals surface area contributed by atoms with E-state index in [0.29, 0.717) is 0 Å². The van der Waals surface area contributed by atoms with Gasteiger partial charge < -0.3 is 9.13 Å². The third-order valence-corrected chi connectivity index (χ3v) is 13.8. The molecule has 292 valence electrons. The highest BCUT2D eigenvalue weighted by Crippen LogP contribution is 2.49. The van der Waals surface area contributed by atoms with Gasteiger partial charge in [0.25, 0.3) is 0 Å². The maximum atomic E-state index is 2.47. The highest BCUT2D eigenvalue weighted by atomic mass is 15.0.